The predicted molar refractivity (Wildman–Crippen MR) is 58.2 cm³/mol. The van der Waals surface area contributed by atoms with Gasteiger partial charge in [-0.05, 0) is 44.4 Å². The van der Waals surface area contributed by atoms with Crippen LogP contribution in [-0.2, 0) is 4.74 Å². The number of aliphatic hydroxyl groups is 1. The van der Waals surface area contributed by atoms with Gasteiger partial charge in [-0.2, -0.15) is 0 Å². The van der Waals surface area contributed by atoms with Gasteiger partial charge in [0.25, 0.3) is 0 Å². The molecule has 84 valence electrons. The second-order valence-electron chi connectivity index (χ2n) is 5.05. The van der Waals surface area contributed by atoms with Crippen LogP contribution in [0.1, 0.15) is 46.5 Å². The van der Waals surface area contributed by atoms with Crippen molar-refractivity contribution in [1.29, 1.82) is 0 Å². The zero-order valence-corrected chi connectivity index (χ0v) is 9.70. The number of rotatable bonds is 4. The third-order valence-corrected chi connectivity index (χ3v) is 3.02. The Kier molecular flexibility index (Phi) is 4.90. The Morgan fingerprint density at radius 2 is 1.79 bits per heavy atom. The van der Waals surface area contributed by atoms with Crippen molar-refractivity contribution >= 4 is 0 Å². The molecule has 0 aromatic heterocycles. The first-order valence-electron chi connectivity index (χ1n) is 5.87. The summed E-state index contributed by atoms with van der Waals surface area (Å²) in [5, 5.41) is 9.11. The second kappa shape index (κ2) is 5.72. The number of aliphatic hydroxyl groups excluding tert-OH is 1. The molecule has 1 rings (SSSR count). The molecule has 1 N–H and O–H groups in total. The molecular formula is C12H24O2. The van der Waals surface area contributed by atoms with Crippen molar-refractivity contribution in [2.75, 3.05) is 6.61 Å². The summed E-state index contributed by atoms with van der Waals surface area (Å²) in [6.45, 7) is 7.14. The molecule has 0 bridgehead atoms. The van der Waals surface area contributed by atoms with E-state index in [2.05, 4.69) is 13.8 Å². The minimum atomic E-state index is -0.228. The highest BCUT2D eigenvalue weighted by molar-refractivity contribution is 4.75. The summed E-state index contributed by atoms with van der Waals surface area (Å²) in [5.41, 5.74) is 0. The van der Waals surface area contributed by atoms with Crippen molar-refractivity contribution in [2.45, 2.75) is 58.7 Å². The van der Waals surface area contributed by atoms with Crippen molar-refractivity contribution in [3.05, 3.63) is 0 Å². The summed E-state index contributed by atoms with van der Waals surface area (Å²) in [6.07, 6.45) is 4.71. The van der Waals surface area contributed by atoms with Gasteiger partial charge in [0.05, 0.1) is 12.2 Å². The van der Waals surface area contributed by atoms with Gasteiger partial charge >= 0.3 is 0 Å². The Balaban J connectivity index is 2.17. The van der Waals surface area contributed by atoms with Gasteiger partial charge in [-0.15, -0.1) is 0 Å². The molecule has 3 unspecified atom stereocenters. The molecule has 1 aliphatic carbocycles. The third kappa shape index (κ3) is 4.43. The first kappa shape index (κ1) is 12.0. The van der Waals surface area contributed by atoms with Gasteiger partial charge in [-0.1, -0.05) is 13.8 Å². The molecule has 0 saturated heterocycles. The van der Waals surface area contributed by atoms with Gasteiger partial charge in [0.1, 0.15) is 0 Å². The fourth-order valence-corrected chi connectivity index (χ4v) is 2.41. The molecule has 1 aliphatic rings. The van der Waals surface area contributed by atoms with E-state index in [1.54, 1.807) is 0 Å². The largest absolute Gasteiger partial charge is 0.393 e. The minimum Gasteiger partial charge on any atom is -0.393 e. The first-order chi connectivity index (χ1) is 6.58. The van der Waals surface area contributed by atoms with E-state index in [1.165, 1.54) is 19.3 Å². The van der Waals surface area contributed by atoms with Crippen LogP contribution in [0.5, 0.6) is 0 Å². The van der Waals surface area contributed by atoms with Crippen molar-refractivity contribution in [1.82, 2.24) is 0 Å². The van der Waals surface area contributed by atoms with Gasteiger partial charge in [0.2, 0.25) is 0 Å². The molecule has 1 saturated carbocycles. The van der Waals surface area contributed by atoms with Gasteiger partial charge in [0.15, 0.2) is 0 Å². The Bertz CT molecular complexity index is 146. The summed E-state index contributed by atoms with van der Waals surface area (Å²) in [4.78, 5) is 0. The van der Waals surface area contributed by atoms with E-state index in [4.69, 9.17) is 9.84 Å². The molecule has 0 aromatic carbocycles. The third-order valence-electron chi connectivity index (χ3n) is 3.02. The zero-order chi connectivity index (χ0) is 10.6. The Morgan fingerprint density at radius 1 is 1.21 bits per heavy atom. The molecule has 14 heavy (non-hydrogen) atoms. The van der Waals surface area contributed by atoms with E-state index < -0.39 is 0 Å². The Morgan fingerprint density at radius 3 is 2.29 bits per heavy atom. The van der Waals surface area contributed by atoms with Gasteiger partial charge < -0.3 is 9.84 Å². The fraction of sp³-hybridized carbons (Fsp3) is 1.00. The number of ether oxygens (including phenoxy) is 1. The first-order valence-corrected chi connectivity index (χ1v) is 5.87. The quantitative estimate of drug-likeness (QED) is 0.756. The van der Waals surface area contributed by atoms with E-state index in [9.17, 15) is 0 Å². The highest BCUT2D eigenvalue weighted by Gasteiger charge is 2.24. The SMILES string of the molecule is CC(O)CCOC1CC(C)CC(C)C1. The lowest BCUT2D eigenvalue weighted by atomic mass is 9.82. The minimum absolute atomic E-state index is 0.228. The van der Waals surface area contributed by atoms with Gasteiger partial charge in [-0.3, -0.25) is 0 Å². The fourth-order valence-electron chi connectivity index (χ4n) is 2.41. The van der Waals surface area contributed by atoms with Crippen molar-refractivity contribution in [3.63, 3.8) is 0 Å². The van der Waals surface area contributed by atoms with E-state index in [0.29, 0.717) is 12.7 Å². The second-order valence-corrected chi connectivity index (χ2v) is 5.05. The zero-order valence-electron chi connectivity index (χ0n) is 9.70. The van der Waals surface area contributed by atoms with Crippen LogP contribution in [0, 0.1) is 11.8 Å². The van der Waals surface area contributed by atoms with Crippen LogP contribution in [-0.4, -0.2) is 23.9 Å². The van der Waals surface area contributed by atoms with Crippen LogP contribution in [0.15, 0.2) is 0 Å². The van der Waals surface area contributed by atoms with Crippen LogP contribution < -0.4 is 0 Å². The Labute approximate surface area is 87.7 Å². The lowest BCUT2D eigenvalue weighted by Gasteiger charge is -2.31. The summed E-state index contributed by atoms with van der Waals surface area (Å²) < 4.78 is 5.77. The summed E-state index contributed by atoms with van der Waals surface area (Å²) in [5.74, 6) is 1.60. The molecular weight excluding hydrogens is 176 g/mol. The molecule has 3 atom stereocenters. The smallest absolute Gasteiger partial charge is 0.0580 e. The molecule has 0 aromatic rings. The summed E-state index contributed by atoms with van der Waals surface area (Å²) >= 11 is 0. The van der Waals surface area contributed by atoms with E-state index >= 15 is 0 Å². The molecule has 1 fully saturated rings. The lowest BCUT2D eigenvalue weighted by molar-refractivity contribution is -0.0109. The van der Waals surface area contributed by atoms with Crippen LogP contribution in [0.2, 0.25) is 0 Å². The number of hydrogen-bond acceptors (Lipinski definition) is 2. The van der Waals surface area contributed by atoms with Gasteiger partial charge in [-0.25, -0.2) is 0 Å². The van der Waals surface area contributed by atoms with Crippen molar-refractivity contribution < 1.29 is 9.84 Å². The monoisotopic (exact) mass is 200 g/mol. The molecule has 2 heteroatoms. The maximum atomic E-state index is 9.11. The average Bonchev–Trinajstić information content (AvgIpc) is 2.01. The van der Waals surface area contributed by atoms with Crippen LogP contribution in [0.25, 0.3) is 0 Å². The summed E-state index contributed by atoms with van der Waals surface area (Å²) in [6, 6.07) is 0. The van der Waals surface area contributed by atoms with E-state index in [-0.39, 0.29) is 6.10 Å². The van der Waals surface area contributed by atoms with E-state index in [0.717, 1.165) is 18.3 Å². The molecule has 0 spiro atoms. The standard InChI is InChI=1S/C12H24O2/c1-9-6-10(2)8-12(7-9)14-5-4-11(3)13/h9-13H,4-8H2,1-3H3. The average molecular weight is 200 g/mol. The normalized spacial score (nSPS) is 35.6. The number of hydrogen-bond donors (Lipinski definition) is 1. The molecule has 0 radical (unpaired) electrons. The van der Waals surface area contributed by atoms with Crippen LogP contribution in [0.3, 0.4) is 0 Å². The molecule has 0 amide bonds. The van der Waals surface area contributed by atoms with E-state index in [1.807, 2.05) is 6.92 Å². The molecule has 0 aliphatic heterocycles. The van der Waals surface area contributed by atoms with Gasteiger partial charge in [0, 0.05) is 6.61 Å². The maximum Gasteiger partial charge on any atom is 0.0580 e. The van der Waals surface area contributed by atoms with Crippen molar-refractivity contribution in [3.8, 4) is 0 Å². The Hall–Kier alpha value is -0.0800. The highest BCUT2D eigenvalue weighted by Crippen LogP contribution is 2.30. The maximum absolute atomic E-state index is 9.11. The van der Waals surface area contributed by atoms with Crippen LogP contribution >= 0.6 is 0 Å². The molecule has 0 heterocycles. The van der Waals surface area contributed by atoms with Crippen LogP contribution in [0.4, 0.5) is 0 Å². The lowest BCUT2D eigenvalue weighted by Crippen LogP contribution is -2.27. The summed E-state index contributed by atoms with van der Waals surface area (Å²) in [7, 11) is 0. The highest BCUT2D eigenvalue weighted by atomic mass is 16.5. The predicted octanol–water partition coefficient (Wildman–Crippen LogP) is 2.60. The van der Waals surface area contributed by atoms with Crippen molar-refractivity contribution in [2.24, 2.45) is 11.8 Å². The topological polar surface area (TPSA) is 29.5 Å². The molecule has 2 nitrogen and oxygen atoms in total.